The van der Waals surface area contributed by atoms with Gasteiger partial charge < -0.3 is 9.97 Å². The normalized spacial score (nSPS) is 16.0. The maximum Gasteiger partial charge on any atom is 0.230 e. The van der Waals surface area contributed by atoms with Crippen LogP contribution < -0.4 is 5.32 Å². The first-order chi connectivity index (χ1) is 16.5. The third-order valence-electron chi connectivity index (χ3n) is 6.99. The van der Waals surface area contributed by atoms with Gasteiger partial charge >= 0.3 is 0 Å². The number of amides is 2. The summed E-state index contributed by atoms with van der Waals surface area (Å²) in [5.41, 5.74) is 10.0. The zero-order valence-electron chi connectivity index (χ0n) is 19.2. The minimum Gasteiger partial charge on any atom is -0.358 e. The van der Waals surface area contributed by atoms with Crippen molar-refractivity contribution >= 4 is 33.6 Å². The minimum atomic E-state index is -0.351. The lowest BCUT2D eigenvalue weighted by atomic mass is 9.84. The highest BCUT2D eigenvalue weighted by Gasteiger charge is 2.32. The van der Waals surface area contributed by atoms with Crippen LogP contribution in [0.1, 0.15) is 23.4 Å². The Morgan fingerprint density at radius 2 is 1.35 bits per heavy atom. The number of benzene rings is 3. The van der Waals surface area contributed by atoms with Gasteiger partial charge in [-0.25, -0.2) is 0 Å². The fourth-order valence-electron chi connectivity index (χ4n) is 5.53. The van der Waals surface area contributed by atoms with Crippen LogP contribution in [0.4, 0.5) is 0 Å². The van der Waals surface area contributed by atoms with Gasteiger partial charge in [0.25, 0.3) is 0 Å². The van der Waals surface area contributed by atoms with Gasteiger partial charge in [0.15, 0.2) is 0 Å². The number of fused-ring (bicyclic) bond motifs is 2. The molecule has 3 aromatic carbocycles. The van der Waals surface area contributed by atoms with E-state index in [1.54, 1.807) is 0 Å². The smallest absolute Gasteiger partial charge is 0.230 e. The quantitative estimate of drug-likeness (QED) is 0.304. The van der Waals surface area contributed by atoms with Gasteiger partial charge in [0.1, 0.15) is 0 Å². The average Bonchev–Trinajstić information content (AvgIpc) is 3.44. The summed E-state index contributed by atoms with van der Waals surface area (Å²) in [6, 6.07) is 23.0. The first kappa shape index (κ1) is 20.5. The van der Waals surface area contributed by atoms with Crippen LogP contribution in [0.15, 0.2) is 66.7 Å². The van der Waals surface area contributed by atoms with Crippen LogP contribution in [0.3, 0.4) is 0 Å². The predicted octanol–water partition coefficient (Wildman–Crippen LogP) is 5.81. The van der Waals surface area contributed by atoms with E-state index in [9.17, 15) is 9.59 Å². The summed E-state index contributed by atoms with van der Waals surface area (Å²) in [4.78, 5) is 31.4. The van der Waals surface area contributed by atoms with Crippen molar-refractivity contribution in [1.82, 2.24) is 15.3 Å². The van der Waals surface area contributed by atoms with E-state index in [1.807, 2.05) is 12.1 Å². The molecule has 34 heavy (non-hydrogen) atoms. The van der Waals surface area contributed by atoms with Crippen LogP contribution in [0.5, 0.6) is 0 Å². The molecule has 5 nitrogen and oxygen atoms in total. The Morgan fingerprint density at radius 1 is 0.735 bits per heavy atom. The van der Waals surface area contributed by atoms with Crippen molar-refractivity contribution in [3.05, 3.63) is 83.7 Å². The number of aryl methyl sites for hydroxylation is 2. The summed E-state index contributed by atoms with van der Waals surface area (Å²) >= 11 is 0. The second-order valence-electron chi connectivity index (χ2n) is 9.20. The number of carbonyl (C=O) groups is 2. The van der Waals surface area contributed by atoms with Crippen LogP contribution in [0.25, 0.3) is 44.1 Å². The summed E-state index contributed by atoms with van der Waals surface area (Å²) in [6.07, 6.45) is 0.753. The Bertz CT molecular complexity index is 1600. The van der Waals surface area contributed by atoms with E-state index in [0.717, 1.165) is 50.1 Å². The van der Waals surface area contributed by atoms with Crippen LogP contribution in [-0.2, 0) is 16.0 Å². The van der Waals surface area contributed by atoms with Gasteiger partial charge in [-0.05, 0) is 49.1 Å². The molecule has 5 heteroatoms. The number of rotatable bonds is 4. The summed E-state index contributed by atoms with van der Waals surface area (Å²) in [5, 5.41) is 4.79. The first-order valence-corrected chi connectivity index (χ1v) is 11.6. The molecule has 6 rings (SSSR count). The van der Waals surface area contributed by atoms with Crippen molar-refractivity contribution in [1.29, 1.82) is 0 Å². The van der Waals surface area contributed by atoms with Crippen molar-refractivity contribution < 1.29 is 9.59 Å². The lowest BCUT2D eigenvalue weighted by molar-refractivity contribution is -0.125. The van der Waals surface area contributed by atoms with Crippen LogP contribution in [-0.4, -0.2) is 21.8 Å². The van der Waals surface area contributed by atoms with Gasteiger partial charge in [0.2, 0.25) is 11.8 Å². The highest BCUT2D eigenvalue weighted by Crippen LogP contribution is 2.44. The zero-order valence-corrected chi connectivity index (χ0v) is 19.2. The zero-order chi connectivity index (χ0) is 23.4. The number of hydrogen-bond acceptors (Lipinski definition) is 2. The Hall–Kier alpha value is -4.12. The monoisotopic (exact) mass is 447 g/mol. The van der Waals surface area contributed by atoms with E-state index in [4.69, 9.17) is 0 Å². The average molecular weight is 448 g/mol. The second kappa shape index (κ2) is 7.73. The van der Waals surface area contributed by atoms with Crippen LogP contribution in [0.2, 0.25) is 0 Å². The second-order valence-corrected chi connectivity index (χ2v) is 9.20. The molecule has 1 atom stereocenters. The fraction of sp³-hybridized carbons (Fsp3) is 0.172. The molecule has 0 aliphatic carbocycles. The molecule has 3 N–H and O–H groups in total. The Morgan fingerprint density at radius 3 is 2.00 bits per heavy atom. The van der Waals surface area contributed by atoms with Crippen molar-refractivity contribution in [2.45, 2.75) is 26.7 Å². The van der Waals surface area contributed by atoms with Gasteiger partial charge in [0, 0.05) is 50.7 Å². The largest absolute Gasteiger partial charge is 0.358 e. The molecule has 5 aromatic rings. The van der Waals surface area contributed by atoms with E-state index in [1.165, 1.54) is 10.9 Å². The SMILES string of the molecule is Cc1[nH]c2ccccc2c1-c1cccc(CC2CC(=O)NC2=O)c1-c1c(C)[nH]c2ccccc12. The fourth-order valence-corrected chi connectivity index (χ4v) is 5.53. The molecule has 1 aliphatic rings. The van der Waals surface area contributed by atoms with E-state index in [-0.39, 0.29) is 24.2 Å². The van der Waals surface area contributed by atoms with Crippen molar-refractivity contribution in [3.8, 4) is 22.3 Å². The van der Waals surface area contributed by atoms with Crippen molar-refractivity contribution in [2.75, 3.05) is 0 Å². The molecule has 2 amide bonds. The summed E-state index contributed by atoms with van der Waals surface area (Å²) in [7, 11) is 0. The molecule has 1 saturated heterocycles. The van der Waals surface area contributed by atoms with Gasteiger partial charge in [-0.1, -0.05) is 54.6 Å². The summed E-state index contributed by atoms with van der Waals surface area (Å²) < 4.78 is 0. The molecule has 1 fully saturated rings. The molecule has 168 valence electrons. The third-order valence-corrected chi connectivity index (χ3v) is 6.99. The maximum atomic E-state index is 12.5. The standard InChI is InChI=1S/C29H25N3O2/c1-16-26(20-9-3-5-12-23(20)30-16)22-11-7-8-18(14-19-15-25(33)32-29(19)34)28(22)27-17(2)31-24-13-6-4-10-21(24)27/h3-13,19,30-31H,14-15H2,1-2H3,(H,32,33,34). The molecule has 3 heterocycles. The van der Waals surface area contributed by atoms with Gasteiger partial charge in [-0.15, -0.1) is 0 Å². The van der Waals surface area contributed by atoms with Crippen LogP contribution in [0, 0.1) is 19.8 Å². The minimum absolute atomic E-state index is 0.180. The van der Waals surface area contributed by atoms with E-state index in [0.29, 0.717) is 6.42 Å². The number of nitrogens with one attached hydrogen (secondary N) is 3. The maximum absolute atomic E-state index is 12.5. The van der Waals surface area contributed by atoms with Gasteiger partial charge in [0.05, 0.1) is 5.92 Å². The molecule has 2 aromatic heterocycles. The Labute approximate surface area is 197 Å². The summed E-state index contributed by atoms with van der Waals surface area (Å²) in [5.74, 6) is -0.722. The highest BCUT2D eigenvalue weighted by atomic mass is 16.2. The van der Waals surface area contributed by atoms with Crippen molar-refractivity contribution in [2.24, 2.45) is 5.92 Å². The lowest BCUT2D eigenvalue weighted by Crippen LogP contribution is -2.23. The molecule has 0 bridgehead atoms. The van der Waals surface area contributed by atoms with E-state index in [2.05, 4.69) is 83.7 Å². The number of imide groups is 1. The highest BCUT2D eigenvalue weighted by molar-refractivity contribution is 6.08. The molecule has 1 unspecified atom stereocenters. The number of aromatic amines is 2. The molecule has 0 radical (unpaired) electrons. The summed E-state index contributed by atoms with van der Waals surface area (Å²) in [6.45, 7) is 4.21. The first-order valence-electron chi connectivity index (χ1n) is 11.6. The number of aromatic nitrogens is 2. The number of H-pyrrole nitrogens is 2. The number of hydrogen-bond donors (Lipinski definition) is 3. The number of carbonyl (C=O) groups excluding carboxylic acids is 2. The van der Waals surface area contributed by atoms with Crippen LogP contribution >= 0.6 is 0 Å². The van der Waals surface area contributed by atoms with E-state index >= 15 is 0 Å². The Kier molecular flexibility index (Phi) is 4.66. The Balaban J connectivity index is 1.65. The van der Waals surface area contributed by atoms with Gasteiger partial charge in [-0.2, -0.15) is 0 Å². The lowest BCUT2D eigenvalue weighted by Gasteiger charge is -2.18. The molecular formula is C29H25N3O2. The molecular weight excluding hydrogens is 422 g/mol. The molecule has 1 aliphatic heterocycles. The van der Waals surface area contributed by atoms with E-state index < -0.39 is 0 Å². The van der Waals surface area contributed by atoms with Crippen molar-refractivity contribution in [3.63, 3.8) is 0 Å². The topological polar surface area (TPSA) is 77.8 Å². The molecule has 0 spiro atoms. The predicted molar refractivity (Wildman–Crippen MR) is 135 cm³/mol. The number of para-hydroxylation sites is 2. The molecule has 0 saturated carbocycles. The third kappa shape index (κ3) is 3.16. The van der Waals surface area contributed by atoms with Gasteiger partial charge in [-0.3, -0.25) is 14.9 Å².